The maximum absolute atomic E-state index is 12.6. The summed E-state index contributed by atoms with van der Waals surface area (Å²) in [4.78, 5) is 25.4. The van der Waals surface area contributed by atoms with Gasteiger partial charge in [0, 0.05) is 10.6 Å². The molecule has 136 valence electrons. The Morgan fingerprint density at radius 2 is 1.93 bits per heavy atom. The van der Waals surface area contributed by atoms with E-state index < -0.39 is 5.91 Å². The Morgan fingerprint density at radius 3 is 2.63 bits per heavy atom. The number of thiocarbonyl (C=S) groups is 1. The molecule has 1 aliphatic rings. The summed E-state index contributed by atoms with van der Waals surface area (Å²) in [6, 6.07) is 16.3. The van der Waals surface area contributed by atoms with Crippen LogP contribution < -0.4 is 5.43 Å². The molecule has 0 bridgehead atoms. The average molecular weight is 415 g/mol. The van der Waals surface area contributed by atoms with Crippen molar-refractivity contribution in [2.24, 2.45) is 0 Å². The number of allylic oxidation sites excluding steroid dienone is 2. The van der Waals surface area contributed by atoms with Crippen molar-refractivity contribution in [2.45, 2.75) is 6.92 Å². The molecule has 1 fully saturated rings. The number of nitrogens with one attached hydrogen (secondary N) is 1. The number of rotatable bonds is 4. The standard InChI is InChI=1S/C20H15ClN2O2S2/c1-13(10-14-6-3-2-4-7-14)11-17-19(25)23(20(26)27-17)22-18(24)15-8-5-9-16(21)12-15/h2-12H,1H3,(H,22,24). The van der Waals surface area contributed by atoms with Crippen molar-refractivity contribution >= 4 is 57.8 Å². The fourth-order valence-electron chi connectivity index (χ4n) is 2.42. The lowest BCUT2D eigenvalue weighted by Crippen LogP contribution is -2.44. The Labute approximate surface area is 171 Å². The zero-order valence-electron chi connectivity index (χ0n) is 14.3. The lowest BCUT2D eigenvalue weighted by molar-refractivity contribution is -0.123. The molecule has 2 aromatic carbocycles. The molecular formula is C20H15ClN2O2S2. The van der Waals surface area contributed by atoms with Crippen LogP contribution in [0, 0.1) is 0 Å². The fourth-order valence-corrected chi connectivity index (χ4v) is 3.84. The van der Waals surface area contributed by atoms with E-state index in [-0.39, 0.29) is 10.2 Å². The third kappa shape index (κ3) is 4.86. The maximum atomic E-state index is 12.6. The van der Waals surface area contributed by atoms with Gasteiger partial charge in [0.1, 0.15) is 0 Å². The van der Waals surface area contributed by atoms with Gasteiger partial charge in [-0.15, -0.1) is 0 Å². The molecule has 1 aliphatic heterocycles. The summed E-state index contributed by atoms with van der Waals surface area (Å²) in [7, 11) is 0. The minimum Gasteiger partial charge on any atom is -0.267 e. The Balaban J connectivity index is 1.75. The number of carbonyl (C=O) groups excluding carboxylic acids is 2. The van der Waals surface area contributed by atoms with Crippen LogP contribution in [0.1, 0.15) is 22.8 Å². The number of amides is 2. The summed E-state index contributed by atoms with van der Waals surface area (Å²) in [6.45, 7) is 1.91. The highest BCUT2D eigenvalue weighted by molar-refractivity contribution is 8.26. The zero-order chi connectivity index (χ0) is 19.4. The number of nitrogens with zero attached hydrogens (tertiary/aromatic N) is 1. The molecule has 0 unspecified atom stereocenters. The predicted octanol–water partition coefficient (Wildman–Crippen LogP) is 4.83. The highest BCUT2D eigenvalue weighted by Gasteiger charge is 2.33. The second-order valence-electron chi connectivity index (χ2n) is 5.77. The highest BCUT2D eigenvalue weighted by Crippen LogP contribution is 2.31. The van der Waals surface area contributed by atoms with Gasteiger partial charge in [-0.05, 0) is 54.6 Å². The molecule has 4 nitrogen and oxygen atoms in total. The number of hydrogen-bond donors (Lipinski definition) is 1. The Kier molecular flexibility index (Phi) is 6.11. The average Bonchev–Trinajstić information content (AvgIpc) is 2.89. The van der Waals surface area contributed by atoms with Crippen molar-refractivity contribution in [1.29, 1.82) is 0 Å². The first-order valence-corrected chi connectivity index (χ1v) is 9.62. The number of benzene rings is 2. The normalized spacial score (nSPS) is 16.1. The van der Waals surface area contributed by atoms with E-state index >= 15 is 0 Å². The first-order chi connectivity index (χ1) is 12.9. The molecule has 2 aromatic rings. The molecule has 0 atom stereocenters. The smallest absolute Gasteiger partial charge is 0.267 e. The number of halogens is 1. The van der Waals surface area contributed by atoms with Crippen molar-refractivity contribution in [3.05, 3.63) is 87.3 Å². The molecule has 0 aliphatic carbocycles. The lowest BCUT2D eigenvalue weighted by atomic mass is 10.1. The first-order valence-electron chi connectivity index (χ1n) is 8.02. The van der Waals surface area contributed by atoms with Crippen LogP contribution in [0.2, 0.25) is 5.02 Å². The van der Waals surface area contributed by atoms with Crippen LogP contribution in [-0.2, 0) is 4.79 Å². The van der Waals surface area contributed by atoms with E-state index in [0.29, 0.717) is 15.5 Å². The highest BCUT2D eigenvalue weighted by atomic mass is 35.5. The van der Waals surface area contributed by atoms with Crippen molar-refractivity contribution in [3.63, 3.8) is 0 Å². The second-order valence-corrected chi connectivity index (χ2v) is 7.88. The van der Waals surface area contributed by atoms with Crippen LogP contribution in [0.15, 0.2) is 71.2 Å². The molecule has 27 heavy (non-hydrogen) atoms. The SMILES string of the molecule is CC(=Cc1ccccc1)C=C1SC(=S)N(NC(=O)c2cccc(Cl)c2)C1=O. The summed E-state index contributed by atoms with van der Waals surface area (Å²) < 4.78 is 0.272. The number of hydrazine groups is 1. The van der Waals surface area contributed by atoms with Gasteiger partial charge in [0.2, 0.25) is 0 Å². The molecular weight excluding hydrogens is 400 g/mol. The van der Waals surface area contributed by atoms with Gasteiger partial charge in [0.25, 0.3) is 11.8 Å². The number of hydrogen-bond acceptors (Lipinski definition) is 4. The van der Waals surface area contributed by atoms with E-state index in [0.717, 1.165) is 27.9 Å². The van der Waals surface area contributed by atoms with E-state index in [1.165, 1.54) is 6.07 Å². The second kappa shape index (κ2) is 8.52. The first kappa shape index (κ1) is 19.4. The van der Waals surface area contributed by atoms with Crippen LogP contribution in [0.4, 0.5) is 0 Å². The summed E-state index contributed by atoms with van der Waals surface area (Å²) in [5, 5.41) is 1.53. The van der Waals surface area contributed by atoms with Crippen molar-refractivity contribution in [2.75, 3.05) is 0 Å². The monoisotopic (exact) mass is 414 g/mol. The summed E-state index contributed by atoms with van der Waals surface area (Å²) in [5.74, 6) is -0.812. The van der Waals surface area contributed by atoms with Crippen LogP contribution in [-0.4, -0.2) is 21.1 Å². The van der Waals surface area contributed by atoms with E-state index in [1.54, 1.807) is 24.3 Å². The Hall–Kier alpha value is -2.41. The fraction of sp³-hybridized carbons (Fsp3) is 0.0500. The van der Waals surface area contributed by atoms with E-state index in [2.05, 4.69) is 5.43 Å². The van der Waals surface area contributed by atoms with Gasteiger partial charge in [0.15, 0.2) is 4.32 Å². The molecule has 0 saturated carbocycles. The third-order valence-corrected chi connectivity index (χ3v) is 5.18. The quantitative estimate of drug-likeness (QED) is 0.575. The molecule has 0 spiro atoms. The molecule has 1 N–H and O–H groups in total. The van der Waals surface area contributed by atoms with Gasteiger partial charge in [-0.3, -0.25) is 15.0 Å². The molecule has 2 amide bonds. The van der Waals surface area contributed by atoms with Gasteiger partial charge >= 0.3 is 0 Å². The summed E-state index contributed by atoms with van der Waals surface area (Å²) in [6.07, 6.45) is 3.73. The molecule has 7 heteroatoms. The van der Waals surface area contributed by atoms with E-state index in [1.807, 2.05) is 43.3 Å². The minimum absolute atomic E-state index is 0.272. The minimum atomic E-state index is -0.452. The van der Waals surface area contributed by atoms with Gasteiger partial charge < -0.3 is 0 Å². The van der Waals surface area contributed by atoms with Crippen LogP contribution in [0.3, 0.4) is 0 Å². The van der Waals surface area contributed by atoms with Crippen LogP contribution in [0.5, 0.6) is 0 Å². The molecule has 0 radical (unpaired) electrons. The largest absolute Gasteiger partial charge is 0.285 e. The molecule has 0 aromatic heterocycles. The summed E-state index contributed by atoms with van der Waals surface area (Å²) >= 11 is 12.3. The van der Waals surface area contributed by atoms with Crippen LogP contribution >= 0.6 is 35.6 Å². The van der Waals surface area contributed by atoms with Gasteiger partial charge in [-0.1, -0.05) is 65.8 Å². The topological polar surface area (TPSA) is 49.4 Å². The van der Waals surface area contributed by atoms with Gasteiger partial charge in [0.05, 0.1) is 4.91 Å². The lowest BCUT2D eigenvalue weighted by Gasteiger charge is -2.15. The molecule has 1 saturated heterocycles. The van der Waals surface area contributed by atoms with Crippen molar-refractivity contribution in [3.8, 4) is 0 Å². The predicted molar refractivity (Wildman–Crippen MR) is 114 cm³/mol. The Morgan fingerprint density at radius 1 is 1.19 bits per heavy atom. The number of thioether (sulfide) groups is 1. The summed E-state index contributed by atoms with van der Waals surface area (Å²) in [5.41, 5.74) is 4.83. The van der Waals surface area contributed by atoms with E-state index in [4.69, 9.17) is 23.8 Å². The molecule has 3 rings (SSSR count). The van der Waals surface area contributed by atoms with Crippen molar-refractivity contribution < 1.29 is 9.59 Å². The third-order valence-electron chi connectivity index (χ3n) is 3.65. The van der Waals surface area contributed by atoms with Gasteiger partial charge in [-0.25, -0.2) is 0 Å². The molecule has 1 heterocycles. The number of carbonyl (C=O) groups is 2. The maximum Gasteiger partial charge on any atom is 0.285 e. The zero-order valence-corrected chi connectivity index (χ0v) is 16.7. The van der Waals surface area contributed by atoms with E-state index in [9.17, 15) is 9.59 Å². The van der Waals surface area contributed by atoms with Crippen molar-refractivity contribution in [1.82, 2.24) is 10.4 Å². The Bertz CT molecular complexity index is 971. The van der Waals surface area contributed by atoms with Gasteiger partial charge in [-0.2, -0.15) is 5.01 Å². The van der Waals surface area contributed by atoms with Crippen LogP contribution in [0.25, 0.3) is 6.08 Å².